The number of benzene rings is 1. The van der Waals surface area contributed by atoms with Crippen LogP contribution < -0.4 is 0 Å². The Hall–Kier alpha value is -1.11. The van der Waals surface area contributed by atoms with Crippen LogP contribution in [0.15, 0.2) is 23.1 Å². The first-order valence-corrected chi connectivity index (χ1v) is 10.6. The molecule has 1 aliphatic heterocycles. The number of halogens is 1. The average Bonchev–Trinajstić information content (AvgIpc) is 2.90. The van der Waals surface area contributed by atoms with Crippen LogP contribution in [0.3, 0.4) is 0 Å². The molecule has 0 aromatic heterocycles. The van der Waals surface area contributed by atoms with Gasteiger partial charge in [-0.15, -0.1) is 0 Å². The van der Waals surface area contributed by atoms with Gasteiger partial charge in [0.05, 0.1) is 15.5 Å². The number of sulfonamides is 1. The van der Waals surface area contributed by atoms with Crippen LogP contribution in [-0.2, 0) is 10.0 Å². The summed E-state index contributed by atoms with van der Waals surface area (Å²) in [6.45, 7) is 2.07. The molecule has 2 fully saturated rings. The van der Waals surface area contributed by atoms with Crippen LogP contribution in [0.25, 0.3) is 0 Å². The summed E-state index contributed by atoms with van der Waals surface area (Å²) in [5, 5.41) is 0.300. The van der Waals surface area contributed by atoms with E-state index < -0.39 is 10.0 Å². The zero-order valence-corrected chi connectivity index (χ0v) is 16.5. The van der Waals surface area contributed by atoms with Crippen LogP contribution in [0.2, 0.25) is 5.02 Å². The first kappa shape index (κ1) is 18.7. The van der Waals surface area contributed by atoms with E-state index in [1.54, 1.807) is 0 Å². The lowest BCUT2D eigenvalue weighted by molar-refractivity contribution is 0.0633. The molecule has 3 unspecified atom stereocenters. The van der Waals surface area contributed by atoms with Crippen molar-refractivity contribution in [1.82, 2.24) is 9.21 Å². The van der Waals surface area contributed by atoms with Crippen molar-refractivity contribution in [3.63, 3.8) is 0 Å². The summed E-state index contributed by atoms with van der Waals surface area (Å²) in [6, 6.07) is 4.78. The van der Waals surface area contributed by atoms with Crippen LogP contribution in [-0.4, -0.2) is 49.7 Å². The van der Waals surface area contributed by atoms with Gasteiger partial charge < -0.3 is 4.90 Å². The van der Waals surface area contributed by atoms with Gasteiger partial charge in [0.25, 0.3) is 5.91 Å². The zero-order valence-electron chi connectivity index (χ0n) is 14.9. The summed E-state index contributed by atoms with van der Waals surface area (Å²) in [7, 11) is -0.660. The van der Waals surface area contributed by atoms with Gasteiger partial charge in [0.2, 0.25) is 10.0 Å². The molecule has 1 aromatic rings. The first-order chi connectivity index (χ1) is 11.7. The van der Waals surface area contributed by atoms with E-state index in [4.69, 9.17) is 11.6 Å². The van der Waals surface area contributed by atoms with E-state index >= 15 is 0 Å². The lowest BCUT2D eigenvalue weighted by Gasteiger charge is -2.33. The Morgan fingerprint density at radius 2 is 1.92 bits per heavy atom. The maximum Gasteiger partial charge on any atom is 0.255 e. The maximum atomic E-state index is 13.2. The zero-order chi connectivity index (χ0) is 18.4. The average molecular weight is 385 g/mol. The summed E-state index contributed by atoms with van der Waals surface area (Å²) in [6.07, 6.45) is 5.58. The lowest BCUT2D eigenvalue weighted by Crippen LogP contribution is -2.42. The van der Waals surface area contributed by atoms with Crippen molar-refractivity contribution in [3.05, 3.63) is 28.8 Å². The molecule has 1 heterocycles. The summed E-state index contributed by atoms with van der Waals surface area (Å²) in [5.74, 6) is 0.405. The molecule has 5 nitrogen and oxygen atoms in total. The van der Waals surface area contributed by atoms with E-state index in [9.17, 15) is 13.2 Å². The number of carbonyl (C=O) groups excluding carboxylic acids is 1. The van der Waals surface area contributed by atoms with Gasteiger partial charge in [-0.25, -0.2) is 12.7 Å². The quantitative estimate of drug-likeness (QED) is 0.802. The normalized spacial score (nSPS) is 26.8. The Balaban J connectivity index is 1.97. The van der Waals surface area contributed by atoms with Crippen molar-refractivity contribution in [2.24, 2.45) is 5.92 Å². The maximum absolute atomic E-state index is 13.2. The van der Waals surface area contributed by atoms with E-state index in [2.05, 4.69) is 6.92 Å². The van der Waals surface area contributed by atoms with Crippen molar-refractivity contribution in [1.29, 1.82) is 0 Å². The number of rotatable bonds is 3. The van der Waals surface area contributed by atoms with Crippen molar-refractivity contribution in [3.8, 4) is 0 Å². The van der Waals surface area contributed by atoms with Crippen LogP contribution in [0.4, 0.5) is 0 Å². The minimum Gasteiger partial charge on any atom is -0.333 e. The number of hydrogen-bond donors (Lipinski definition) is 0. The second-order valence-corrected chi connectivity index (χ2v) is 9.90. The Morgan fingerprint density at radius 1 is 1.24 bits per heavy atom. The SMILES string of the molecule is CC1CC2CCCCC2N1C(=O)c1cc(S(=O)(=O)N(C)C)ccc1Cl. The van der Waals surface area contributed by atoms with Crippen LogP contribution in [0.1, 0.15) is 49.4 Å². The van der Waals surface area contributed by atoms with Gasteiger partial charge in [0.1, 0.15) is 0 Å². The molecule has 7 heteroatoms. The number of fused-ring (bicyclic) bond motifs is 1. The molecule has 3 rings (SSSR count). The predicted molar refractivity (Wildman–Crippen MR) is 98.3 cm³/mol. The lowest BCUT2D eigenvalue weighted by atomic mass is 9.85. The number of likely N-dealkylation sites (tertiary alicyclic amines) is 1. The van der Waals surface area contributed by atoms with Gasteiger partial charge in [-0.1, -0.05) is 24.4 Å². The summed E-state index contributed by atoms with van der Waals surface area (Å²) in [5.41, 5.74) is 0.280. The molecule has 138 valence electrons. The van der Waals surface area contributed by atoms with E-state index in [1.807, 2.05) is 4.90 Å². The third kappa shape index (κ3) is 3.32. The molecular formula is C18H25ClN2O3S. The van der Waals surface area contributed by atoms with Crippen molar-refractivity contribution >= 4 is 27.5 Å². The highest BCUT2D eigenvalue weighted by atomic mass is 35.5. The van der Waals surface area contributed by atoms with E-state index in [-0.39, 0.29) is 28.4 Å². The molecule has 25 heavy (non-hydrogen) atoms. The number of nitrogens with zero attached hydrogens (tertiary/aromatic N) is 2. The smallest absolute Gasteiger partial charge is 0.255 e. The molecule has 3 atom stereocenters. The van der Waals surface area contributed by atoms with Crippen LogP contribution >= 0.6 is 11.6 Å². The molecular weight excluding hydrogens is 360 g/mol. The third-order valence-corrected chi connectivity index (χ3v) is 7.67. The first-order valence-electron chi connectivity index (χ1n) is 8.78. The van der Waals surface area contributed by atoms with Gasteiger partial charge in [0, 0.05) is 26.2 Å². The molecule has 0 radical (unpaired) electrons. The van der Waals surface area contributed by atoms with Gasteiger partial charge in [-0.05, 0) is 50.3 Å². The molecule has 1 aromatic carbocycles. The standard InChI is InChI=1S/C18H25ClN2O3S/c1-12-10-13-6-4-5-7-17(13)21(12)18(22)15-11-14(8-9-16(15)19)25(23,24)20(2)3/h8-9,11-13,17H,4-7,10H2,1-3H3. The van der Waals surface area contributed by atoms with Gasteiger partial charge in [0.15, 0.2) is 0 Å². The fourth-order valence-electron chi connectivity index (χ4n) is 4.24. The highest BCUT2D eigenvalue weighted by Gasteiger charge is 2.43. The monoisotopic (exact) mass is 384 g/mol. The molecule has 0 spiro atoms. The fraction of sp³-hybridized carbons (Fsp3) is 0.611. The molecule has 1 amide bonds. The predicted octanol–water partition coefficient (Wildman–Crippen LogP) is 3.38. The van der Waals surface area contributed by atoms with E-state index in [0.29, 0.717) is 10.9 Å². The fourth-order valence-corrected chi connectivity index (χ4v) is 5.36. The van der Waals surface area contributed by atoms with Gasteiger partial charge >= 0.3 is 0 Å². The number of amides is 1. The molecule has 2 aliphatic rings. The Morgan fingerprint density at radius 3 is 2.60 bits per heavy atom. The highest BCUT2D eigenvalue weighted by molar-refractivity contribution is 7.89. The Labute approximate surface area is 155 Å². The third-order valence-electron chi connectivity index (χ3n) is 5.53. The highest BCUT2D eigenvalue weighted by Crippen LogP contribution is 2.40. The van der Waals surface area contributed by atoms with Crippen molar-refractivity contribution in [2.45, 2.75) is 56.0 Å². The second kappa shape index (κ2) is 6.89. The summed E-state index contributed by atoms with van der Waals surface area (Å²) >= 11 is 6.27. The van der Waals surface area contributed by atoms with Gasteiger partial charge in [-0.2, -0.15) is 0 Å². The van der Waals surface area contributed by atoms with E-state index in [0.717, 1.165) is 23.6 Å². The van der Waals surface area contributed by atoms with Crippen LogP contribution in [0, 0.1) is 5.92 Å². The second-order valence-electron chi connectivity index (χ2n) is 7.34. The van der Waals surface area contributed by atoms with Gasteiger partial charge in [-0.3, -0.25) is 4.79 Å². The molecule has 1 aliphatic carbocycles. The summed E-state index contributed by atoms with van der Waals surface area (Å²) in [4.78, 5) is 15.3. The van der Waals surface area contributed by atoms with Crippen LogP contribution in [0.5, 0.6) is 0 Å². The Bertz CT molecular complexity index is 779. The molecule has 0 N–H and O–H groups in total. The molecule has 1 saturated carbocycles. The number of hydrogen-bond acceptors (Lipinski definition) is 3. The van der Waals surface area contributed by atoms with Crippen molar-refractivity contribution in [2.75, 3.05) is 14.1 Å². The molecule has 1 saturated heterocycles. The van der Waals surface area contributed by atoms with E-state index in [1.165, 1.54) is 45.1 Å². The van der Waals surface area contributed by atoms with Crippen molar-refractivity contribution < 1.29 is 13.2 Å². The summed E-state index contributed by atoms with van der Waals surface area (Å²) < 4.78 is 25.9. The molecule has 0 bridgehead atoms. The number of carbonyl (C=O) groups is 1. The minimum absolute atomic E-state index is 0.0947. The topological polar surface area (TPSA) is 57.7 Å². The largest absolute Gasteiger partial charge is 0.333 e. The minimum atomic E-state index is -3.61. The Kier molecular flexibility index (Phi) is 5.15.